The van der Waals surface area contributed by atoms with E-state index in [-0.39, 0.29) is 5.56 Å². The number of nitrogens with one attached hydrogen (secondary N) is 1. The van der Waals surface area contributed by atoms with Gasteiger partial charge in [0.25, 0.3) is 10.4 Å². The molecule has 148 valence electrons. The summed E-state index contributed by atoms with van der Waals surface area (Å²) in [5.74, 6) is 1.09. The maximum atomic E-state index is 12.3. The van der Waals surface area contributed by atoms with Crippen LogP contribution < -0.4 is 5.56 Å². The van der Waals surface area contributed by atoms with Gasteiger partial charge in [0.15, 0.2) is 0 Å². The number of aromatic amines is 1. The first-order valence-corrected chi connectivity index (χ1v) is 9.79. The molecular formula is C21H21N5O2S. The van der Waals surface area contributed by atoms with E-state index < -0.39 is 0 Å². The number of nitrogens with zero attached hydrogens (tertiary/aromatic N) is 4. The number of para-hydroxylation sites is 1. The van der Waals surface area contributed by atoms with Crippen molar-refractivity contribution in [3.63, 3.8) is 0 Å². The van der Waals surface area contributed by atoms with Gasteiger partial charge in [-0.2, -0.15) is 0 Å². The minimum atomic E-state index is -0.138. The fraction of sp³-hybridized carbons (Fsp3) is 0.238. The lowest BCUT2D eigenvalue weighted by molar-refractivity contribution is 0.200. The highest BCUT2D eigenvalue weighted by molar-refractivity contribution is 7.71. The highest BCUT2D eigenvalue weighted by Crippen LogP contribution is 2.18. The van der Waals surface area contributed by atoms with E-state index in [0.29, 0.717) is 40.7 Å². The molecule has 0 saturated heterocycles. The Morgan fingerprint density at radius 2 is 1.93 bits per heavy atom. The number of hydrogen-bond acceptors (Lipinski definition) is 6. The van der Waals surface area contributed by atoms with E-state index in [1.165, 1.54) is 5.56 Å². The van der Waals surface area contributed by atoms with E-state index in [1.807, 2.05) is 56.3 Å². The first-order valence-electron chi connectivity index (χ1n) is 9.39. The van der Waals surface area contributed by atoms with Gasteiger partial charge in [-0.1, -0.05) is 36.8 Å². The molecule has 0 bridgehead atoms. The Balaban J connectivity index is 1.56. The first kappa shape index (κ1) is 19.2. The topological polar surface area (TPSA) is 80.0 Å². The van der Waals surface area contributed by atoms with Crippen molar-refractivity contribution in [2.45, 2.75) is 27.1 Å². The summed E-state index contributed by atoms with van der Waals surface area (Å²) >= 11 is 5.35. The molecule has 0 atom stereocenters. The van der Waals surface area contributed by atoms with E-state index >= 15 is 0 Å². The van der Waals surface area contributed by atoms with E-state index in [2.05, 4.69) is 20.0 Å². The number of fused-ring (bicyclic) bond motifs is 1. The number of H-pyrrole nitrogens is 1. The molecule has 0 fully saturated rings. The molecule has 1 N–H and O–H groups in total. The number of aryl methyl sites for hydroxylation is 1. The van der Waals surface area contributed by atoms with Crippen molar-refractivity contribution in [3.05, 3.63) is 75.1 Å². The molecule has 0 saturated carbocycles. The quantitative estimate of drug-likeness (QED) is 0.489. The van der Waals surface area contributed by atoms with Gasteiger partial charge in [-0.25, -0.2) is 9.67 Å². The van der Waals surface area contributed by atoms with Gasteiger partial charge in [0.1, 0.15) is 5.82 Å². The van der Waals surface area contributed by atoms with Crippen LogP contribution in [0.3, 0.4) is 0 Å². The fourth-order valence-corrected chi connectivity index (χ4v) is 3.26. The molecule has 7 nitrogen and oxygen atoms in total. The summed E-state index contributed by atoms with van der Waals surface area (Å²) in [5.41, 5.74) is 2.59. The number of aromatic nitrogens is 4. The van der Waals surface area contributed by atoms with E-state index in [9.17, 15) is 4.79 Å². The lowest BCUT2D eigenvalue weighted by Gasteiger charge is -2.19. The maximum Gasteiger partial charge on any atom is 0.288 e. The van der Waals surface area contributed by atoms with Crippen LogP contribution in [0.15, 0.2) is 57.7 Å². The Morgan fingerprint density at radius 1 is 1.17 bits per heavy atom. The summed E-state index contributed by atoms with van der Waals surface area (Å²) in [7, 11) is 0. The average molecular weight is 407 g/mol. The van der Waals surface area contributed by atoms with Crippen molar-refractivity contribution in [1.29, 1.82) is 0 Å². The van der Waals surface area contributed by atoms with Crippen molar-refractivity contribution >= 4 is 23.1 Å². The minimum Gasteiger partial charge on any atom is -0.409 e. The third-order valence-corrected chi connectivity index (χ3v) is 5.02. The van der Waals surface area contributed by atoms with E-state index in [4.69, 9.17) is 16.6 Å². The smallest absolute Gasteiger partial charge is 0.288 e. The molecule has 4 aromatic rings. The monoisotopic (exact) mass is 407 g/mol. The molecule has 8 heteroatoms. The Kier molecular flexibility index (Phi) is 5.37. The zero-order chi connectivity index (χ0) is 20.4. The van der Waals surface area contributed by atoms with Crippen LogP contribution in [0.1, 0.15) is 18.3 Å². The molecule has 0 radical (unpaired) electrons. The normalized spacial score (nSPS) is 11.4. The lowest BCUT2D eigenvalue weighted by Crippen LogP contribution is -2.28. The molecule has 4 rings (SSSR count). The molecule has 0 aliphatic heterocycles. The van der Waals surface area contributed by atoms with Crippen molar-refractivity contribution in [3.8, 4) is 11.5 Å². The Bertz CT molecular complexity index is 1260. The molecule has 0 spiro atoms. The van der Waals surface area contributed by atoms with Gasteiger partial charge in [-0.3, -0.25) is 9.69 Å². The van der Waals surface area contributed by atoms with Crippen molar-refractivity contribution in [2.24, 2.45) is 0 Å². The van der Waals surface area contributed by atoms with Gasteiger partial charge >= 0.3 is 0 Å². The van der Waals surface area contributed by atoms with Crippen molar-refractivity contribution < 1.29 is 4.42 Å². The highest BCUT2D eigenvalue weighted by atomic mass is 32.1. The largest absolute Gasteiger partial charge is 0.409 e. The SMILES string of the molecule is CCN(Cc1nc2ccccc2c(=O)[nH]1)Cn1nc(-c2ccc(C)cc2)oc1=S. The molecule has 0 aliphatic carbocycles. The van der Waals surface area contributed by atoms with Crippen LogP contribution in [-0.2, 0) is 13.2 Å². The molecular weight excluding hydrogens is 386 g/mol. The van der Waals surface area contributed by atoms with Gasteiger partial charge in [-0.15, -0.1) is 5.10 Å². The Morgan fingerprint density at radius 3 is 2.69 bits per heavy atom. The van der Waals surface area contributed by atoms with Crippen LogP contribution in [0.25, 0.3) is 22.4 Å². The summed E-state index contributed by atoms with van der Waals surface area (Å²) in [6.07, 6.45) is 0. The zero-order valence-corrected chi connectivity index (χ0v) is 17.1. The van der Waals surface area contributed by atoms with Crippen LogP contribution >= 0.6 is 12.2 Å². The molecule has 2 aromatic heterocycles. The third-order valence-electron chi connectivity index (χ3n) is 4.72. The minimum absolute atomic E-state index is 0.138. The van der Waals surface area contributed by atoms with Gasteiger partial charge < -0.3 is 9.40 Å². The van der Waals surface area contributed by atoms with Crippen LogP contribution in [0.5, 0.6) is 0 Å². The summed E-state index contributed by atoms with van der Waals surface area (Å²) in [5, 5.41) is 5.10. The second-order valence-corrected chi connectivity index (χ2v) is 7.20. The first-order chi connectivity index (χ1) is 14.0. The van der Waals surface area contributed by atoms with Gasteiger partial charge in [0.2, 0.25) is 5.89 Å². The molecule has 0 amide bonds. The van der Waals surface area contributed by atoms with Gasteiger partial charge in [-0.05, 0) is 50.0 Å². The number of rotatable bonds is 6. The summed E-state index contributed by atoms with van der Waals surface area (Å²) in [4.78, 5) is 22.1. The molecule has 0 aliphatic rings. The Labute approximate surface area is 172 Å². The summed E-state index contributed by atoms with van der Waals surface area (Å²) in [6.45, 7) is 5.68. The van der Waals surface area contributed by atoms with E-state index in [1.54, 1.807) is 10.7 Å². The van der Waals surface area contributed by atoms with Crippen LogP contribution in [-0.4, -0.2) is 31.2 Å². The molecule has 2 heterocycles. The van der Waals surface area contributed by atoms with E-state index in [0.717, 1.165) is 12.1 Å². The summed E-state index contributed by atoms with van der Waals surface area (Å²) < 4.78 is 7.33. The second-order valence-electron chi connectivity index (χ2n) is 6.86. The fourth-order valence-electron chi connectivity index (χ4n) is 3.08. The predicted molar refractivity (Wildman–Crippen MR) is 114 cm³/mol. The molecule has 2 aromatic carbocycles. The van der Waals surface area contributed by atoms with Crippen LogP contribution in [0.2, 0.25) is 0 Å². The molecule has 0 unspecified atom stereocenters. The summed E-state index contributed by atoms with van der Waals surface area (Å²) in [6, 6.07) is 15.2. The highest BCUT2D eigenvalue weighted by Gasteiger charge is 2.13. The van der Waals surface area contributed by atoms with Gasteiger partial charge in [0.05, 0.1) is 24.1 Å². The zero-order valence-electron chi connectivity index (χ0n) is 16.3. The second kappa shape index (κ2) is 8.10. The lowest BCUT2D eigenvalue weighted by atomic mass is 10.1. The van der Waals surface area contributed by atoms with Gasteiger partial charge in [0, 0.05) is 5.56 Å². The average Bonchev–Trinajstić information content (AvgIpc) is 3.08. The standard InChI is InChI=1S/C21H21N5O2S/c1-3-25(12-18-22-17-7-5-4-6-16(17)19(27)23-18)13-26-21(29)28-20(24-26)15-10-8-14(2)9-11-15/h4-11H,3,12-13H2,1-2H3,(H,22,23,27). The number of hydrogen-bond donors (Lipinski definition) is 1. The van der Waals surface area contributed by atoms with Crippen molar-refractivity contribution in [1.82, 2.24) is 24.6 Å². The third kappa shape index (κ3) is 4.18. The maximum absolute atomic E-state index is 12.3. The number of benzene rings is 2. The van der Waals surface area contributed by atoms with Crippen LogP contribution in [0.4, 0.5) is 0 Å². The molecule has 29 heavy (non-hydrogen) atoms. The predicted octanol–water partition coefficient (Wildman–Crippen LogP) is 3.90. The Hall–Kier alpha value is -3.10. The van der Waals surface area contributed by atoms with Crippen molar-refractivity contribution in [2.75, 3.05) is 6.54 Å². The van der Waals surface area contributed by atoms with Crippen LogP contribution in [0, 0.1) is 11.8 Å².